The second kappa shape index (κ2) is 4.94. The van der Waals surface area contributed by atoms with Crippen LogP contribution in [0.5, 0.6) is 0 Å². The fourth-order valence-corrected chi connectivity index (χ4v) is 1.96. The molecule has 17 heavy (non-hydrogen) atoms. The third kappa shape index (κ3) is 2.37. The smallest absolute Gasteiger partial charge is 0.129 e. The van der Waals surface area contributed by atoms with Crippen LogP contribution in [-0.4, -0.2) is 15.8 Å². The molecule has 2 rings (SSSR count). The van der Waals surface area contributed by atoms with Crippen LogP contribution < -0.4 is 5.73 Å². The first-order chi connectivity index (χ1) is 8.13. The van der Waals surface area contributed by atoms with E-state index in [0.29, 0.717) is 5.02 Å². The molecule has 0 bridgehead atoms. The lowest BCUT2D eigenvalue weighted by molar-refractivity contribution is 0.351. The van der Waals surface area contributed by atoms with Gasteiger partial charge < -0.3 is 10.2 Å². The quantitative estimate of drug-likeness (QED) is 0.912. The van der Waals surface area contributed by atoms with Crippen molar-refractivity contribution in [3.63, 3.8) is 0 Å². The van der Waals surface area contributed by atoms with E-state index in [0.717, 1.165) is 17.9 Å². The summed E-state index contributed by atoms with van der Waals surface area (Å²) in [5, 5.41) is 5.02. The number of rotatable bonds is 4. The Hall–Kier alpha value is -1.26. The lowest BCUT2D eigenvalue weighted by atomic mass is 10.0. The first-order valence-corrected chi connectivity index (χ1v) is 6.01. The molecular weight excluding hydrogens is 238 g/mol. The number of nitrogens with two attached hydrogens (primary N) is 1. The summed E-state index contributed by atoms with van der Waals surface area (Å²) in [4.78, 5) is 0. The Morgan fingerprint density at radius 1 is 1.59 bits per heavy atom. The van der Waals surface area contributed by atoms with E-state index in [1.807, 2.05) is 26.0 Å². The molecule has 0 aliphatic heterocycles. The summed E-state index contributed by atoms with van der Waals surface area (Å²) in [6, 6.07) is 3.59. The van der Waals surface area contributed by atoms with Crippen LogP contribution in [0.15, 0.2) is 29.0 Å². The molecule has 0 fully saturated rings. The first kappa shape index (κ1) is 12.2. The van der Waals surface area contributed by atoms with Gasteiger partial charge >= 0.3 is 0 Å². The maximum Gasteiger partial charge on any atom is 0.129 e. The fourth-order valence-electron chi connectivity index (χ4n) is 1.82. The number of hydrogen-bond donors (Lipinski definition) is 1. The second-order valence-electron chi connectivity index (χ2n) is 4.07. The number of aromatic nitrogens is 2. The predicted molar refractivity (Wildman–Crippen MR) is 67.1 cm³/mol. The average Bonchev–Trinajstić information content (AvgIpc) is 2.91. The Labute approximate surface area is 105 Å². The zero-order chi connectivity index (χ0) is 12.4. The molecule has 2 aromatic rings. The van der Waals surface area contributed by atoms with Crippen molar-refractivity contribution < 1.29 is 4.42 Å². The Kier molecular flexibility index (Phi) is 3.54. The molecule has 0 aromatic carbocycles. The van der Waals surface area contributed by atoms with Gasteiger partial charge in [0.1, 0.15) is 11.8 Å². The van der Waals surface area contributed by atoms with Gasteiger partial charge in [-0.25, -0.2) is 0 Å². The van der Waals surface area contributed by atoms with Crippen LogP contribution in [0.2, 0.25) is 5.02 Å². The molecule has 0 spiro atoms. The lowest BCUT2D eigenvalue weighted by Crippen LogP contribution is -2.32. The Morgan fingerprint density at radius 3 is 2.82 bits per heavy atom. The van der Waals surface area contributed by atoms with Gasteiger partial charge in [-0.2, -0.15) is 5.10 Å². The first-order valence-electron chi connectivity index (χ1n) is 5.63. The Balaban J connectivity index is 2.40. The zero-order valence-electron chi connectivity index (χ0n) is 9.93. The lowest BCUT2D eigenvalue weighted by Gasteiger charge is -2.21. The SMILES string of the molecule is CCC(N)C(c1ccco1)n1cc(Cl)c(C)n1. The van der Waals surface area contributed by atoms with E-state index in [2.05, 4.69) is 5.10 Å². The average molecular weight is 254 g/mol. The highest BCUT2D eigenvalue weighted by atomic mass is 35.5. The molecule has 2 unspecified atom stereocenters. The third-order valence-electron chi connectivity index (χ3n) is 2.85. The summed E-state index contributed by atoms with van der Waals surface area (Å²) in [7, 11) is 0. The van der Waals surface area contributed by atoms with Crippen molar-refractivity contribution in [1.29, 1.82) is 0 Å². The molecule has 2 atom stereocenters. The molecule has 0 aliphatic carbocycles. The number of furan rings is 1. The predicted octanol–water partition coefficient (Wildman–Crippen LogP) is 2.76. The van der Waals surface area contributed by atoms with E-state index in [1.54, 1.807) is 17.1 Å². The Morgan fingerprint density at radius 2 is 2.35 bits per heavy atom. The van der Waals surface area contributed by atoms with Crippen LogP contribution in [0.25, 0.3) is 0 Å². The van der Waals surface area contributed by atoms with E-state index in [4.69, 9.17) is 21.8 Å². The van der Waals surface area contributed by atoms with Crippen LogP contribution in [0.1, 0.15) is 30.8 Å². The van der Waals surface area contributed by atoms with Crippen LogP contribution in [0.3, 0.4) is 0 Å². The minimum absolute atomic E-state index is 0.0588. The highest BCUT2D eigenvalue weighted by Crippen LogP contribution is 2.25. The third-order valence-corrected chi connectivity index (χ3v) is 3.22. The summed E-state index contributed by atoms with van der Waals surface area (Å²) in [5.41, 5.74) is 6.93. The minimum atomic E-state index is -0.110. The van der Waals surface area contributed by atoms with Gasteiger partial charge in [0.05, 0.1) is 17.0 Å². The molecule has 5 heteroatoms. The van der Waals surface area contributed by atoms with Crippen molar-refractivity contribution in [3.05, 3.63) is 41.1 Å². The van der Waals surface area contributed by atoms with E-state index in [9.17, 15) is 0 Å². The van der Waals surface area contributed by atoms with Crippen LogP contribution in [0.4, 0.5) is 0 Å². The number of hydrogen-bond acceptors (Lipinski definition) is 3. The van der Waals surface area contributed by atoms with Crippen molar-refractivity contribution in [2.75, 3.05) is 0 Å². The molecule has 0 amide bonds. The van der Waals surface area contributed by atoms with Gasteiger partial charge in [0.25, 0.3) is 0 Å². The Bertz CT molecular complexity index is 458. The summed E-state index contributed by atoms with van der Waals surface area (Å²) < 4.78 is 7.22. The van der Waals surface area contributed by atoms with Gasteiger partial charge in [-0.3, -0.25) is 4.68 Å². The van der Waals surface area contributed by atoms with Gasteiger partial charge in [0, 0.05) is 12.2 Å². The van der Waals surface area contributed by atoms with E-state index in [-0.39, 0.29) is 12.1 Å². The molecular formula is C12H16ClN3O. The summed E-state index contributed by atoms with van der Waals surface area (Å²) in [6.45, 7) is 3.91. The van der Waals surface area contributed by atoms with Gasteiger partial charge in [0.15, 0.2) is 0 Å². The second-order valence-corrected chi connectivity index (χ2v) is 4.48. The fraction of sp³-hybridized carbons (Fsp3) is 0.417. The van der Waals surface area contributed by atoms with Gasteiger partial charge in [-0.1, -0.05) is 18.5 Å². The van der Waals surface area contributed by atoms with Crippen molar-refractivity contribution in [1.82, 2.24) is 9.78 Å². The molecule has 2 aromatic heterocycles. The van der Waals surface area contributed by atoms with Crippen molar-refractivity contribution in [2.45, 2.75) is 32.4 Å². The van der Waals surface area contributed by atoms with E-state index < -0.39 is 0 Å². The highest BCUT2D eigenvalue weighted by Gasteiger charge is 2.24. The number of aryl methyl sites for hydroxylation is 1. The molecule has 0 aliphatic rings. The van der Waals surface area contributed by atoms with Gasteiger partial charge in [-0.15, -0.1) is 0 Å². The molecule has 2 heterocycles. The van der Waals surface area contributed by atoms with Crippen LogP contribution in [0, 0.1) is 6.92 Å². The van der Waals surface area contributed by atoms with Crippen LogP contribution >= 0.6 is 11.6 Å². The summed E-state index contributed by atoms with van der Waals surface area (Å²) >= 11 is 6.03. The molecule has 0 saturated heterocycles. The van der Waals surface area contributed by atoms with Crippen molar-refractivity contribution in [3.8, 4) is 0 Å². The monoisotopic (exact) mass is 253 g/mol. The zero-order valence-corrected chi connectivity index (χ0v) is 10.7. The number of nitrogens with zero attached hydrogens (tertiary/aromatic N) is 2. The summed E-state index contributed by atoms with van der Waals surface area (Å²) in [5.74, 6) is 0.804. The van der Waals surface area contributed by atoms with Gasteiger partial charge in [-0.05, 0) is 25.5 Å². The molecule has 2 N–H and O–H groups in total. The van der Waals surface area contributed by atoms with Gasteiger partial charge in [0.2, 0.25) is 0 Å². The van der Waals surface area contributed by atoms with Crippen molar-refractivity contribution >= 4 is 11.6 Å². The van der Waals surface area contributed by atoms with E-state index in [1.165, 1.54) is 0 Å². The molecule has 92 valence electrons. The maximum absolute atomic E-state index is 6.14. The normalized spacial score (nSPS) is 14.8. The maximum atomic E-state index is 6.14. The standard InChI is InChI=1S/C12H16ClN3O/c1-3-10(14)12(11-5-4-6-17-11)16-7-9(13)8(2)15-16/h4-7,10,12H,3,14H2,1-2H3. The molecule has 0 saturated carbocycles. The van der Waals surface area contributed by atoms with E-state index >= 15 is 0 Å². The van der Waals surface area contributed by atoms with Crippen LogP contribution in [-0.2, 0) is 0 Å². The highest BCUT2D eigenvalue weighted by molar-refractivity contribution is 6.31. The molecule has 0 radical (unpaired) electrons. The topological polar surface area (TPSA) is 57.0 Å². The number of halogens is 1. The summed E-state index contributed by atoms with van der Waals surface area (Å²) in [6.07, 6.45) is 4.27. The largest absolute Gasteiger partial charge is 0.467 e. The minimum Gasteiger partial charge on any atom is -0.467 e. The van der Waals surface area contributed by atoms with Crippen molar-refractivity contribution in [2.24, 2.45) is 5.73 Å². The molecule has 4 nitrogen and oxygen atoms in total.